The Kier molecular flexibility index (Phi) is 3.51. The molecule has 0 spiro atoms. The monoisotopic (exact) mass is 346 g/mol. The second-order valence-electron chi connectivity index (χ2n) is 4.72. The van der Waals surface area contributed by atoms with E-state index in [1.165, 1.54) is 6.07 Å². The Bertz CT molecular complexity index is 814. The summed E-state index contributed by atoms with van der Waals surface area (Å²) in [6, 6.07) is 12.2. The molecule has 0 aliphatic rings. The highest BCUT2D eigenvalue weighted by Crippen LogP contribution is 2.38. The van der Waals surface area contributed by atoms with Crippen molar-refractivity contribution in [3.05, 3.63) is 58.3 Å². The predicted molar refractivity (Wildman–Crippen MR) is 84.2 cm³/mol. The molecule has 106 valence electrons. The molecule has 3 aromatic rings. The van der Waals surface area contributed by atoms with E-state index in [9.17, 15) is 4.39 Å². The van der Waals surface area contributed by atoms with Gasteiger partial charge in [0.15, 0.2) is 11.6 Å². The Morgan fingerprint density at radius 3 is 2.67 bits per heavy atom. The number of nitrogens with two attached hydrogens (primary N) is 1. The van der Waals surface area contributed by atoms with Crippen LogP contribution in [0.25, 0.3) is 22.5 Å². The van der Waals surface area contributed by atoms with Crippen LogP contribution in [-0.2, 0) is 0 Å². The van der Waals surface area contributed by atoms with E-state index in [2.05, 4.69) is 21.1 Å². The number of aryl methyl sites for hydroxylation is 1. The number of rotatable bonds is 2. The fraction of sp³-hybridized carbons (Fsp3) is 0.0625. The molecule has 2 N–H and O–H groups in total. The summed E-state index contributed by atoms with van der Waals surface area (Å²) < 4.78 is 20.4. The standard InChI is InChI=1S/C16H12BrFN2O/c1-9-8-10(6-7-12(9)17)15-14(16(19)20-21-15)11-4-2-3-5-13(11)18/h2-8H,1H3,(H2,19,20). The van der Waals surface area contributed by atoms with Crippen molar-refractivity contribution in [3.63, 3.8) is 0 Å². The van der Waals surface area contributed by atoms with Crippen LogP contribution < -0.4 is 5.73 Å². The van der Waals surface area contributed by atoms with Crippen LogP contribution >= 0.6 is 15.9 Å². The van der Waals surface area contributed by atoms with Crippen molar-refractivity contribution in [1.82, 2.24) is 5.16 Å². The molecule has 0 saturated heterocycles. The van der Waals surface area contributed by atoms with Crippen molar-refractivity contribution in [3.8, 4) is 22.5 Å². The van der Waals surface area contributed by atoms with Gasteiger partial charge >= 0.3 is 0 Å². The Morgan fingerprint density at radius 2 is 1.95 bits per heavy atom. The lowest BCUT2D eigenvalue weighted by molar-refractivity contribution is 0.436. The van der Waals surface area contributed by atoms with Crippen LogP contribution in [0.2, 0.25) is 0 Å². The highest BCUT2D eigenvalue weighted by Gasteiger charge is 2.20. The Morgan fingerprint density at radius 1 is 1.19 bits per heavy atom. The smallest absolute Gasteiger partial charge is 0.177 e. The molecule has 0 bridgehead atoms. The molecule has 0 atom stereocenters. The molecule has 1 heterocycles. The molecule has 0 amide bonds. The van der Waals surface area contributed by atoms with Crippen molar-refractivity contribution in [1.29, 1.82) is 0 Å². The lowest BCUT2D eigenvalue weighted by Crippen LogP contribution is -1.91. The van der Waals surface area contributed by atoms with Crippen molar-refractivity contribution >= 4 is 21.7 Å². The lowest BCUT2D eigenvalue weighted by atomic mass is 10.00. The van der Waals surface area contributed by atoms with Gasteiger partial charge in [0, 0.05) is 15.6 Å². The van der Waals surface area contributed by atoms with Gasteiger partial charge in [0.25, 0.3) is 0 Å². The number of hydrogen-bond acceptors (Lipinski definition) is 3. The number of nitrogens with zero attached hydrogens (tertiary/aromatic N) is 1. The first kappa shape index (κ1) is 13.8. The maximum atomic E-state index is 14.0. The highest BCUT2D eigenvalue weighted by atomic mass is 79.9. The van der Waals surface area contributed by atoms with Crippen molar-refractivity contribution in [2.75, 3.05) is 5.73 Å². The van der Waals surface area contributed by atoms with Gasteiger partial charge in [0.05, 0.1) is 5.56 Å². The van der Waals surface area contributed by atoms with Crippen molar-refractivity contribution < 1.29 is 8.91 Å². The fourth-order valence-corrected chi connectivity index (χ4v) is 2.46. The first-order valence-electron chi connectivity index (χ1n) is 6.34. The van der Waals surface area contributed by atoms with E-state index in [0.717, 1.165) is 15.6 Å². The highest BCUT2D eigenvalue weighted by molar-refractivity contribution is 9.10. The molecule has 21 heavy (non-hydrogen) atoms. The van der Waals surface area contributed by atoms with Crippen LogP contribution in [0, 0.1) is 12.7 Å². The minimum Gasteiger partial charge on any atom is -0.380 e. The summed E-state index contributed by atoms with van der Waals surface area (Å²) in [5.74, 6) is 0.284. The zero-order chi connectivity index (χ0) is 15.0. The van der Waals surface area contributed by atoms with Crippen LogP contribution in [-0.4, -0.2) is 5.16 Å². The first-order valence-corrected chi connectivity index (χ1v) is 7.14. The zero-order valence-corrected chi connectivity index (χ0v) is 12.8. The second-order valence-corrected chi connectivity index (χ2v) is 5.57. The number of aromatic nitrogens is 1. The average Bonchev–Trinajstić information content (AvgIpc) is 2.84. The molecular weight excluding hydrogens is 335 g/mol. The minimum atomic E-state index is -0.359. The Balaban J connectivity index is 2.22. The summed E-state index contributed by atoms with van der Waals surface area (Å²) in [6.07, 6.45) is 0. The van der Waals surface area contributed by atoms with Crippen molar-refractivity contribution in [2.45, 2.75) is 6.92 Å². The molecule has 3 nitrogen and oxygen atoms in total. The van der Waals surface area contributed by atoms with Crippen LogP contribution in [0.1, 0.15) is 5.56 Å². The van der Waals surface area contributed by atoms with E-state index in [-0.39, 0.29) is 11.6 Å². The topological polar surface area (TPSA) is 52.0 Å². The van der Waals surface area contributed by atoms with E-state index in [0.29, 0.717) is 16.9 Å². The molecule has 3 rings (SSSR count). The third kappa shape index (κ3) is 2.45. The minimum absolute atomic E-state index is 0.177. The van der Waals surface area contributed by atoms with Crippen LogP contribution in [0.4, 0.5) is 10.2 Å². The molecule has 0 unspecified atom stereocenters. The van der Waals surface area contributed by atoms with Gasteiger partial charge in [0.2, 0.25) is 0 Å². The third-order valence-corrected chi connectivity index (χ3v) is 4.17. The van der Waals surface area contributed by atoms with Gasteiger partial charge in [-0.05, 0) is 36.8 Å². The quantitative estimate of drug-likeness (QED) is 0.724. The van der Waals surface area contributed by atoms with E-state index in [1.54, 1.807) is 18.2 Å². The third-order valence-electron chi connectivity index (χ3n) is 3.28. The van der Waals surface area contributed by atoms with E-state index >= 15 is 0 Å². The van der Waals surface area contributed by atoms with E-state index in [4.69, 9.17) is 10.3 Å². The molecule has 0 radical (unpaired) electrons. The van der Waals surface area contributed by atoms with Gasteiger partial charge in [0.1, 0.15) is 5.82 Å². The number of nitrogen functional groups attached to an aromatic ring is 1. The summed E-state index contributed by atoms with van der Waals surface area (Å²) in [5, 5.41) is 3.79. The van der Waals surface area contributed by atoms with Crippen molar-refractivity contribution in [2.24, 2.45) is 0 Å². The number of hydrogen-bond donors (Lipinski definition) is 1. The summed E-state index contributed by atoms with van der Waals surface area (Å²) >= 11 is 3.45. The maximum absolute atomic E-state index is 14.0. The first-order chi connectivity index (χ1) is 10.1. The van der Waals surface area contributed by atoms with Gasteiger partial charge in [-0.15, -0.1) is 0 Å². The second kappa shape index (κ2) is 5.33. The number of halogens is 2. The molecule has 5 heteroatoms. The van der Waals surface area contributed by atoms with Gasteiger partial charge in [-0.2, -0.15) is 0 Å². The van der Waals surface area contributed by atoms with Gasteiger partial charge in [-0.1, -0.05) is 39.3 Å². The lowest BCUT2D eigenvalue weighted by Gasteiger charge is -2.05. The molecule has 1 aromatic heterocycles. The Hall–Kier alpha value is -2.14. The zero-order valence-electron chi connectivity index (χ0n) is 11.2. The Labute approximate surface area is 129 Å². The summed E-state index contributed by atoms with van der Waals surface area (Å²) in [4.78, 5) is 0. The average molecular weight is 347 g/mol. The fourth-order valence-electron chi connectivity index (χ4n) is 2.21. The van der Waals surface area contributed by atoms with Gasteiger partial charge in [-0.3, -0.25) is 0 Å². The molecule has 0 fully saturated rings. The molecule has 0 aliphatic carbocycles. The van der Waals surface area contributed by atoms with E-state index in [1.807, 2.05) is 25.1 Å². The normalized spacial score (nSPS) is 10.8. The number of benzene rings is 2. The molecular formula is C16H12BrFN2O. The maximum Gasteiger partial charge on any atom is 0.177 e. The van der Waals surface area contributed by atoms with Gasteiger partial charge in [-0.25, -0.2) is 4.39 Å². The SMILES string of the molecule is Cc1cc(-c2onc(N)c2-c2ccccc2F)ccc1Br. The molecule has 0 saturated carbocycles. The largest absolute Gasteiger partial charge is 0.380 e. The summed E-state index contributed by atoms with van der Waals surface area (Å²) in [7, 11) is 0. The summed E-state index contributed by atoms with van der Waals surface area (Å²) in [6.45, 7) is 1.97. The predicted octanol–water partition coefficient (Wildman–Crippen LogP) is 4.80. The number of anilines is 1. The van der Waals surface area contributed by atoms with E-state index < -0.39 is 0 Å². The summed E-state index contributed by atoms with van der Waals surface area (Å²) in [5.41, 5.74) is 8.58. The van der Waals surface area contributed by atoms with Crippen LogP contribution in [0.3, 0.4) is 0 Å². The van der Waals surface area contributed by atoms with Gasteiger partial charge < -0.3 is 10.3 Å². The van der Waals surface area contributed by atoms with Crippen LogP contribution in [0.5, 0.6) is 0 Å². The van der Waals surface area contributed by atoms with Crippen LogP contribution in [0.15, 0.2) is 51.5 Å². The molecule has 2 aromatic carbocycles. The molecule has 0 aliphatic heterocycles.